The molecule has 0 spiro atoms. The van der Waals surface area contributed by atoms with Crippen molar-refractivity contribution in [3.63, 3.8) is 0 Å². The molecule has 2 N–H and O–H groups in total. The van der Waals surface area contributed by atoms with Crippen LogP contribution in [0.15, 0.2) is 18.3 Å². The second kappa shape index (κ2) is 5.98. The van der Waals surface area contributed by atoms with E-state index in [0.717, 1.165) is 25.3 Å². The predicted molar refractivity (Wildman–Crippen MR) is 67.9 cm³/mol. The highest BCUT2D eigenvalue weighted by Crippen LogP contribution is 2.15. The van der Waals surface area contributed by atoms with Gasteiger partial charge in [-0.15, -0.1) is 0 Å². The zero-order valence-electron chi connectivity index (χ0n) is 10.4. The largest absolute Gasteiger partial charge is 0.506 e. The second-order valence-electron chi connectivity index (χ2n) is 4.56. The van der Waals surface area contributed by atoms with Gasteiger partial charge in [-0.05, 0) is 38.1 Å². The van der Waals surface area contributed by atoms with Crippen LogP contribution in [0.4, 0.5) is 0 Å². The Morgan fingerprint density at radius 2 is 2.41 bits per heavy atom. The molecule has 2 heterocycles. The molecule has 1 saturated heterocycles. The first-order valence-electron chi connectivity index (χ1n) is 6.38. The fourth-order valence-electron chi connectivity index (χ4n) is 2.43. The lowest BCUT2D eigenvalue weighted by atomic mass is 10.2. The first-order chi connectivity index (χ1) is 8.29. The molecule has 2 rings (SSSR count). The topological polar surface area (TPSA) is 48.4 Å². The van der Waals surface area contributed by atoms with Crippen molar-refractivity contribution >= 4 is 0 Å². The lowest BCUT2D eigenvalue weighted by Gasteiger charge is -2.22. The van der Waals surface area contributed by atoms with Crippen LogP contribution in [0.3, 0.4) is 0 Å². The summed E-state index contributed by atoms with van der Waals surface area (Å²) in [5, 5.41) is 12.6. The molecule has 94 valence electrons. The van der Waals surface area contributed by atoms with E-state index in [1.54, 1.807) is 6.07 Å². The van der Waals surface area contributed by atoms with Gasteiger partial charge in [0.05, 0.1) is 11.9 Å². The molecule has 0 amide bonds. The zero-order valence-corrected chi connectivity index (χ0v) is 10.4. The van der Waals surface area contributed by atoms with Gasteiger partial charge in [0.2, 0.25) is 0 Å². The third-order valence-corrected chi connectivity index (χ3v) is 3.40. The van der Waals surface area contributed by atoms with Crippen molar-refractivity contribution in [2.24, 2.45) is 0 Å². The van der Waals surface area contributed by atoms with Crippen molar-refractivity contribution < 1.29 is 5.11 Å². The number of rotatable bonds is 5. The summed E-state index contributed by atoms with van der Waals surface area (Å²) in [4.78, 5) is 6.68. The molecule has 1 fully saturated rings. The van der Waals surface area contributed by atoms with E-state index < -0.39 is 0 Å². The summed E-state index contributed by atoms with van der Waals surface area (Å²) < 4.78 is 0. The molecule has 1 aromatic heterocycles. The van der Waals surface area contributed by atoms with Crippen molar-refractivity contribution in [3.8, 4) is 5.75 Å². The van der Waals surface area contributed by atoms with Crippen molar-refractivity contribution in [2.75, 3.05) is 19.6 Å². The molecule has 0 aliphatic carbocycles. The third-order valence-electron chi connectivity index (χ3n) is 3.40. The maximum absolute atomic E-state index is 9.13. The van der Waals surface area contributed by atoms with Gasteiger partial charge in [0.1, 0.15) is 5.75 Å². The van der Waals surface area contributed by atoms with E-state index in [0.29, 0.717) is 6.04 Å². The standard InChI is InChI=1S/C13H21N3O/c1-2-16-7-3-4-12(16)9-14-8-11-5-6-13(17)10-15-11/h5-6,10,12,14,17H,2-4,7-9H2,1H3. The van der Waals surface area contributed by atoms with Gasteiger partial charge >= 0.3 is 0 Å². The molecule has 4 heteroatoms. The van der Waals surface area contributed by atoms with Gasteiger partial charge < -0.3 is 10.4 Å². The van der Waals surface area contributed by atoms with Crippen LogP contribution < -0.4 is 5.32 Å². The fraction of sp³-hybridized carbons (Fsp3) is 0.615. The first-order valence-corrected chi connectivity index (χ1v) is 6.38. The quantitative estimate of drug-likeness (QED) is 0.809. The monoisotopic (exact) mass is 235 g/mol. The van der Waals surface area contributed by atoms with E-state index in [1.807, 2.05) is 6.07 Å². The third kappa shape index (κ3) is 3.41. The Labute approximate surface area is 103 Å². The van der Waals surface area contributed by atoms with Crippen LogP contribution in [-0.2, 0) is 6.54 Å². The second-order valence-corrected chi connectivity index (χ2v) is 4.56. The van der Waals surface area contributed by atoms with Crippen molar-refractivity contribution in [2.45, 2.75) is 32.4 Å². The van der Waals surface area contributed by atoms with Gasteiger partial charge in [-0.1, -0.05) is 6.92 Å². The molecular formula is C13H21N3O. The van der Waals surface area contributed by atoms with Crippen molar-refractivity contribution in [3.05, 3.63) is 24.0 Å². The molecule has 0 saturated carbocycles. The maximum atomic E-state index is 9.13. The normalized spacial score (nSPS) is 20.9. The van der Waals surface area contributed by atoms with Gasteiger partial charge in [-0.3, -0.25) is 9.88 Å². The summed E-state index contributed by atoms with van der Waals surface area (Å²) in [5.41, 5.74) is 0.976. The molecule has 0 aromatic carbocycles. The Morgan fingerprint density at radius 3 is 3.12 bits per heavy atom. The molecule has 1 aliphatic rings. The molecular weight excluding hydrogens is 214 g/mol. The SMILES string of the molecule is CCN1CCCC1CNCc1ccc(O)cn1. The number of aromatic hydroxyl groups is 1. The molecule has 1 aliphatic heterocycles. The number of nitrogens with zero attached hydrogens (tertiary/aromatic N) is 2. The van der Waals surface area contributed by atoms with Crippen LogP contribution in [0.2, 0.25) is 0 Å². The summed E-state index contributed by atoms with van der Waals surface area (Å²) in [6.07, 6.45) is 4.10. The number of likely N-dealkylation sites (N-methyl/N-ethyl adjacent to an activating group) is 1. The first kappa shape index (κ1) is 12.3. The number of pyridine rings is 1. The van der Waals surface area contributed by atoms with Crippen LogP contribution in [-0.4, -0.2) is 40.7 Å². The van der Waals surface area contributed by atoms with Gasteiger partial charge in [-0.25, -0.2) is 0 Å². The summed E-state index contributed by atoms with van der Waals surface area (Å²) in [7, 11) is 0. The van der Waals surface area contributed by atoms with Crippen LogP contribution in [0.25, 0.3) is 0 Å². The molecule has 1 unspecified atom stereocenters. The Morgan fingerprint density at radius 1 is 1.53 bits per heavy atom. The Kier molecular flexibility index (Phi) is 4.34. The molecule has 0 bridgehead atoms. The highest BCUT2D eigenvalue weighted by atomic mass is 16.3. The van der Waals surface area contributed by atoms with E-state index in [-0.39, 0.29) is 5.75 Å². The Bertz CT molecular complexity index is 339. The summed E-state index contributed by atoms with van der Waals surface area (Å²) in [5.74, 6) is 0.224. The van der Waals surface area contributed by atoms with E-state index in [2.05, 4.69) is 22.1 Å². The summed E-state index contributed by atoms with van der Waals surface area (Å²) in [6.45, 7) is 6.40. The molecule has 17 heavy (non-hydrogen) atoms. The minimum Gasteiger partial charge on any atom is -0.506 e. The number of hydrogen-bond acceptors (Lipinski definition) is 4. The lowest BCUT2D eigenvalue weighted by molar-refractivity contribution is 0.259. The minimum absolute atomic E-state index is 0.224. The lowest BCUT2D eigenvalue weighted by Crippen LogP contribution is -2.37. The van der Waals surface area contributed by atoms with Gasteiger partial charge in [-0.2, -0.15) is 0 Å². The average Bonchev–Trinajstić information content (AvgIpc) is 2.79. The fourth-order valence-corrected chi connectivity index (χ4v) is 2.43. The van der Waals surface area contributed by atoms with Crippen LogP contribution >= 0.6 is 0 Å². The number of nitrogens with one attached hydrogen (secondary N) is 1. The molecule has 4 nitrogen and oxygen atoms in total. The molecule has 0 radical (unpaired) electrons. The van der Waals surface area contributed by atoms with E-state index in [9.17, 15) is 0 Å². The number of hydrogen-bond donors (Lipinski definition) is 2. The van der Waals surface area contributed by atoms with Crippen LogP contribution in [0.1, 0.15) is 25.5 Å². The van der Waals surface area contributed by atoms with Gasteiger partial charge in [0.15, 0.2) is 0 Å². The van der Waals surface area contributed by atoms with Gasteiger partial charge in [0, 0.05) is 19.1 Å². The smallest absolute Gasteiger partial charge is 0.133 e. The van der Waals surface area contributed by atoms with Crippen molar-refractivity contribution in [1.82, 2.24) is 15.2 Å². The highest BCUT2D eigenvalue weighted by molar-refractivity contribution is 5.17. The minimum atomic E-state index is 0.224. The number of likely N-dealkylation sites (tertiary alicyclic amines) is 1. The van der Waals surface area contributed by atoms with Crippen LogP contribution in [0.5, 0.6) is 5.75 Å². The Hall–Kier alpha value is -1.13. The zero-order chi connectivity index (χ0) is 12.1. The van der Waals surface area contributed by atoms with E-state index in [4.69, 9.17) is 5.11 Å². The van der Waals surface area contributed by atoms with E-state index in [1.165, 1.54) is 25.6 Å². The summed E-state index contributed by atoms with van der Waals surface area (Å²) in [6, 6.07) is 4.21. The van der Waals surface area contributed by atoms with E-state index >= 15 is 0 Å². The average molecular weight is 235 g/mol. The highest BCUT2D eigenvalue weighted by Gasteiger charge is 2.21. The summed E-state index contributed by atoms with van der Waals surface area (Å²) >= 11 is 0. The Balaban J connectivity index is 1.74. The predicted octanol–water partition coefficient (Wildman–Crippen LogP) is 1.36. The van der Waals surface area contributed by atoms with Crippen LogP contribution in [0, 0.1) is 0 Å². The molecule has 1 atom stereocenters. The van der Waals surface area contributed by atoms with Crippen molar-refractivity contribution in [1.29, 1.82) is 0 Å². The van der Waals surface area contributed by atoms with Gasteiger partial charge in [0.25, 0.3) is 0 Å². The number of aromatic nitrogens is 1. The molecule has 1 aromatic rings. The maximum Gasteiger partial charge on any atom is 0.133 e.